The molecule has 21 heavy (non-hydrogen) atoms. The molecule has 0 bridgehead atoms. The van der Waals surface area contributed by atoms with Crippen molar-refractivity contribution in [3.05, 3.63) is 35.6 Å². The molecule has 0 saturated heterocycles. The Balaban J connectivity index is 2.17. The van der Waals surface area contributed by atoms with Gasteiger partial charge < -0.3 is 5.73 Å². The highest BCUT2D eigenvalue weighted by Crippen LogP contribution is 2.20. The Labute approximate surface area is 130 Å². The molecule has 2 heteroatoms. The smallest absolute Gasteiger partial charge is 0.126 e. The molecule has 1 atom stereocenters. The molecule has 120 valence electrons. The van der Waals surface area contributed by atoms with Crippen LogP contribution in [0.5, 0.6) is 0 Å². The highest BCUT2D eigenvalue weighted by molar-refractivity contribution is 5.19. The lowest BCUT2D eigenvalue weighted by Gasteiger charge is -2.25. The fourth-order valence-corrected chi connectivity index (χ4v) is 2.83. The van der Waals surface area contributed by atoms with Gasteiger partial charge in [-0.1, -0.05) is 76.5 Å². The second-order valence-corrected chi connectivity index (χ2v) is 6.65. The van der Waals surface area contributed by atoms with Crippen molar-refractivity contribution in [2.24, 2.45) is 5.73 Å². The zero-order valence-corrected chi connectivity index (χ0v) is 13.8. The van der Waals surface area contributed by atoms with E-state index in [1.54, 1.807) is 6.07 Å². The molecule has 1 aromatic carbocycles. The van der Waals surface area contributed by atoms with E-state index in [0.717, 1.165) is 18.4 Å². The van der Waals surface area contributed by atoms with E-state index in [4.69, 9.17) is 5.73 Å². The van der Waals surface area contributed by atoms with Gasteiger partial charge in [-0.15, -0.1) is 0 Å². The summed E-state index contributed by atoms with van der Waals surface area (Å²) < 4.78 is 13.7. The van der Waals surface area contributed by atoms with Gasteiger partial charge in [0.1, 0.15) is 5.82 Å². The SMILES string of the molecule is CCCCCCCCCCC(C)(N)Cc1ccccc1F. The molecule has 0 aliphatic heterocycles. The van der Waals surface area contributed by atoms with Crippen LogP contribution in [0.4, 0.5) is 4.39 Å². The molecular weight excluding hydrogens is 261 g/mol. The van der Waals surface area contributed by atoms with E-state index in [-0.39, 0.29) is 11.4 Å². The van der Waals surface area contributed by atoms with Gasteiger partial charge in [-0.3, -0.25) is 0 Å². The van der Waals surface area contributed by atoms with Gasteiger partial charge >= 0.3 is 0 Å². The third-order valence-electron chi connectivity index (χ3n) is 4.15. The van der Waals surface area contributed by atoms with Gasteiger partial charge in [0.25, 0.3) is 0 Å². The molecule has 2 N–H and O–H groups in total. The molecule has 0 aliphatic carbocycles. The van der Waals surface area contributed by atoms with Crippen molar-refractivity contribution in [3.8, 4) is 0 Å². The number of halogens is 1. The molecule has 1 aromatic rings. The Bertz CT molecular complexity index is 387. The van der Waals surface area contributed by atoms with Crippen LogP contribution in [0, 0.1) is 5.82 Å². The van der Waals surface area contributed by atoms with Crippen LogP contribution in [0.25, 0.3) is 0 Å². The normalized spacial score (nSPS) is 14.1. The molecule has 0 heterocycles. The summed E-state index contributed by atoms with van der Waals surface area (Å²) in [5.74, 6) is -0.134. The summed E-state index contributed by atoms with van der Waals surface area (Å²) >= 11 is 0. The summed E-state index contributed by atoms with van der Waals surface area (Å²) in [6, 6.07) is 6.96. The Kier molecular flexibility index (Phi) is 8.60. The molecule has 0 saturated carbocycles. The largest absolute Gasteiger partial charge is 0.325 e. The van der Waals surface area contributed by atoms with Gasteiger partial charge in [-0.05, 0) is 31.4 Å². The van der Waals surface area contributed by atoms with Gasteiger partial charge in [0.05, 0.1) is 0 Å². The molecule has 1 rings (SSSR count). The molecular formula is C19H32FN. The van der Waals surface area contributed by atoms with Gasteiger partial charge in [0.2, 0.25) is 0 Å². The third kappa shape index (κ3) is 8.21. The topological polar surface area (TPSA) is 26.0 Å². The first-order chi connectivity index (χ1) is 10.0. The number of nitrogens with two attached hydrogens (primary N) is 1. The van der Waals surface area contributed by atoms with Crippen molar-refractivity contribution in [2.75, 3.05) is 0 Å². The third-order valence-corrected chi connectivity index (χ3v) is 4.15. The lowest BCUT2D eigenvalue weighted by atomic mass is 9.88. The van der Waals surface area contributed by atoms with Crippen molar-refractivity contribution in [1.82, 2.24) is 0 Å². The summed E-state index contributed by atoms with van der Waals surface area (Å²) in [6.07, 6.45) is 12.0. The molecule has 0 radical (unpaired) electrons. The molecule has 1 unspecified atom stereocenters. The predicted molar refractivity (Wildman–Crippen MR) is 89.9 cm³/mol. The molecule has 0 aromatic heterocycles. The quantitative estimate of drug-likeness (QED) is 0.527. The lowest BCUT2D eigenvalue weighted by Crippen LogP contribution is -2.38. The van der Waals surface area contributed by atoms with E-state index in [1.165, 1.54) is 51.0 Å². The number of rotatable bonds is 11. The Morgan fingerprint density at radius 1 is 0.952 bits per heavy atom. The average molecular weight is 293 g/mol. The fourth-order valence-electron chi connectivity index (χ4n) is 2.83. The zero-order valence-electron chi connectivity index (χ0n) is 13.8. The first-order valence-electron chi connectivity index (χ1n) is 8.57. The number of hydrogen-bond donors (Lipinski definition) is 1. The standard InChI is InChI=1S/C19H32FN/c1-3-4-5-6-7-8-9-12-15-19(2,21)16-17-13-10-11-14-18(17)20/h10-11,13-14H,3-9,12,15-16,21H2,1-2H3. The van der Waals surface area contributed by atoms with Crippen LogP contribution in [0.15, 0.2) is 24.3 Å². The maximum Gasteiger partial charge on any atom is 0.126 e. The lowest BCUT2D eigenvalue weighted by molar-refractivity contribution is 0.397. The molecule has 0 spiro atoms. The van der Waals surface area contributed by atoms with E-state index in [1.807, 2.05) is 19.1 Å². The maximum absolute atomic E-state index is 13.7. The van der Waals surface area contributed by atoms with Gasteiger partial charge in [0, 0.05) is 5.54 Å². The van der Waals surface area contributed by atoms with Crippen molar-refractivity contribution in [3.63, 3.8) is 0 Å². The molecule has 0 amide bonds. The average Bonchev–Trinajstić information content (AvgIpc) is 2.44. The Morgan fingerprint density at radius 3 is 2.14 bits per heavy atom. The number of benzene rings is 1. The predicted octanol–water partition coefficient (Wildman–Crippen LogP) is 5.62. The summed E-state index contributed by atoms with van der Waals surface area (Å²) in [5, 5.41) is 0. The maximum atomic E-state index is 13.7. The second kappa shape index (κ2) is 9.94. The van der Waals surface area contributed by atoms with Crippen LogP contribution in [0.1, 0.15) is 77.2 Å². The van der Waals surface area contributed by atoms with Crippen LogP contribution in [-0.4, -0.2) is 5.54 Å². The minimum atomic E-state index is -0.301. The van der Waals surface area contributed by atoms with Gasteiger partial charge in [0.15, 0.2) is 0 Å². The molecule has 0 aliphatic rings. The first-order valence-corrected chi connectivity index (χ1v) is 8.57. The molecule has 0 fully saturated rings. The molecule has 1 nitrogen and oxygen atoms in total. The Morgan fingerprint density at radius 2 is 1.52 bits per heavy atom. The minimum Gasteiger partial charge on any atom is -0.325 e. The van der Waals surface area contributed by atoms with Crippen LogP contribution in [-0.2, 0) is 6.42 Å². The van der Waals surface area contributed by atoms with E-state index in [2.05, 4.69) is 6.92 Å². The second-order valence-electron chi connectivity index (χ2n) is 6.65. The van der Waals surface area contributed by atoms with Crippen LogP contribution >= 0.6 is 0 Å². The minimum absolute atomic E-state index is 0.134. The summed E-state index contributed by atoms with van der Waals surface area (Å²) in [5.41, 5.74) is 6.77. The van der Waals surface area contributed by atoms with Crippen molar-refractivity contribution in [1.29, 1.82) is 0 Å². The van der Waals surface area contributed by atoms with Crippen LogP contribution in [0.3, 0.4) is 0 Å². The van der Waals surface area contributed by atoms with Gasteiger partial charge in [-0.25, -0.2) is 4.39 Å². The van der Waals surface area contributed by atoms with Crippen molar-refractivity contribution >= 4 is 0 Å². The Hall–Kier alpha value is -0.890. The summed E-state index contributed by atoms with van der Waals surface area (Å²) in [6.45, 7) is 4.29. The van der Waals surface area contributed by atoms with E-state index >= 15 is 0 Å². The fraction of sp³-hybridized carbons (Fsp3) is 0.684. The van der Waals surface area contributed by atoms with E-state index in [9.17, 15) is 4.39 Å². The zero-order chi connectivity index (χ0) is 15.6. The monoisotopic (exact) mass is 293 g/mol. The van der Waals surface area contributed by atoms with Crippen LogP contribution < -0.4 is 5.73 Å². The van der Waals surface area contributed by atoms with Crippen molar-refractivity contribution < 1.29 is 4.39 Å². The van der Waals surface area contributed by atoms with Gasteiger partial charge in [-0.2, -0.15) is 0 Å². The summed E-state index contributed by atoms with van der Waals surface area (Å²) in [4.78, 5) is 0. The van der Waals surface area contributed by atoms with Crippen LogP contribution in [0.2, 0.25) is 0 Å². The number of hydrogen-bond acceptors (Lipinski definition) is 1. The van der Waals surface area contributed by atoms with E-state index < -0.39 is 0 Å². The highest BCUT2D eigenvalue weighted by Gasteiger charge is 2.20. The van der Waals surface area contributed by atoms with Crippen molar-refractivity contribution in [2.45, 2.75) is 83.6 Å². The first kappa shape index (κ1) is 18.2. The highest BCUT2D eigenvalue weighted by atomic mass is 19.1. The number of unbranched alkanes of at least 4 members (excludes halogenated alkanes) is 7. The summed E-state index contributed by atoms with van der Waals surface area (Å²) in [7, 11) is 0. The van der Waals surface area contributed by atoms with E-state index in [0.29, 0.717) is 6.42 Å².